The zero-order chi connectivity index (χ0) is 22.1. The molecule has 2 aromatic heterocycles. The predicted molar refractivity (Wildman–Crippen MR) is 121 cm³/mol. The van der Waals surface area contributed by atoms with Crippen LogP contribution in [0.3, 0.4) is 0 Å². The van der Waals surface area contributed by atoms with Gasteiger partial charge in [-0.3, -0.25) is 0 Å². The predicted octanol–water partition coefficient (Wildman–Crippen LogP) is 6.81. The molecule has 4 rings (SSSR count). The maximum absolute atomic E-state index is 15.4. The van der Waals surface area contributed by atoms with Crippen LogP contribution in [0.15, 0.2) is 48.8 Å². The molecule has 4 aromatic rings. The van der Waals surface area contributed by atoms with E-state index < -0.39 is 11.6 Å². The molecule has 4 nitrogen and oxygen atoms in total. The number of pyridine rings is 1. The van der Waals surface area contributed by atoms with Gasteiger partial charge in [0.15, 0.2) is 5.65 Å². The van der Waals surface area contributed by atoms with Crippen molar-refractivity contribution in [3.8, 4) is 22.3 Å². The Kier molecular flexibility index (Phi) is 5.83. The molecule has 1 N–H and O–H groups in total. The molecule has 0 spiro atoms. The van der Waals surface area contributed by atoms with Crippen molar-refractivity contribution in [1.82, 2.24) is 15.0 Å². The van der Waals surface area contributed by atoms with Crippen LogP contribution in [0, 0.1) is 18.6 Å². The lowest BCUT2D eigenvalue weighted by atomic mass is 9.97. The van der Waals surface area contributed by atoms with Crippen LogP contribution in [0.25, 0.3) is 33.4 Å². The molecule has 2 heterocycles. The van der Waals surface area contributed by atoms with Gasteiger partial charge in [-0.25, -0.2) is 23.7 Å². The van der Waals surface area contributed by atoms with Crippen LogP contribution in [-0.2, 0) is 0 Å². The number of aromatic nitrogens is 3. The van der Waals surface area contributed by atoms with E-state index in [4.69, 9.17) is 11.6 Å². The Hall–Kier alpha value is -3.12. The number of benzene rings is 2. The van der Waals surface area contributed by atoms with E-state index in [1.54, 1.807) is 0 Å². The van der Waals surface area contributed by atoms with Crippen LogP contribution in [0.1, 0.15) is 25.8 Å². The minimum atomic E-state index is -0.727. The van der Waals surface area contributed by atoms with Crippen LogP contribution in [0.4, 0.5) is 14.5 Å². The molecule has 158 valence electrons. The van der Waals surface area contributed by atoms with Gasteiger partial charge in [-0.1, -0.05) is 48.4 Å². The fourth-order valence-electron chi connectivity index (χ4n) is 3.40. The van der Waals surface area contributed by atoms with Gasteiger partial charge < -0.3 is 5.32 Å². The van der Waals surface area contributed by atoms with E-state index in [1.807, 2.05) is 45.0 Å². The fraction of sp³-hybridized carbons (Fsp3) is 0.208. The van der Waals surface area contributed by atoms with Crippen LogP contribution >= 0.6 is 11.6 Å². The summed E-state index contributed by atoms with van der Waals surface area (Å²) in [5.41, 5.74) is 3.26. The van der Waals surface area contributed by atoms with Gasteiger partial charge in [-0.2, -0.15) is 0 Å². The minimum Gasteiger partial charge on any atom is -0.380 e. The minimum absolute atomic E-state index is 0.0142. The molecule has 0 amide bonds. The number of halogens is 3. The number of nitrogens with one attached hydrogen (secondary N) is 1. The first-order valence-electron chi connectivity index (χ1n) is 10.0. The zero-order valence-corrected chi connectivity index (χ0v) is 18.1. The Morgan fingerprint density at radius 3 is 2.26 bits per heavy atom. The second kappa shape index (κ2) is 8.55. The summed E-state index contributed by atoms with van der Waals surface area (Å²) in [5, 5.41) is 3.25. The van der Waals surface area contributed by atoms with E-state index in [1.165, 1.54) is 24.5 Å². The van der Waals surface area contributed by atoms with Crippen molar-refractivity contribution in [2.24, 2.45) is 0 Å². The molecule has 0 aliphatic rings. The number of aryl methyl sites for hydroxylation is 1. The maximum Gasteiger partial charge on any atom is 0.181 e. The van der Waals surface area contributed by atoms with Gasteiger partial charge >= 0.3 is 0 Å². The number of rotatable bonds is 5. The Labute approximate surface area is 184 Å². The third-order valence-corrected chi connectivity index (χ3v) is 5.53. The van der Waals surface area contributed by atoms with Crippen molar-refractivity contribution in [1.29, 1.82) is 0 Å². The maximum atomic E-state index is 15.4. The highest BCUT2D eigenvalue weighted by atomic mass is 35.5. The summed E-state index contributed by atoms with van der Waals surface area (Å²) in [5.74, 6) is -1.45. The molecule has 31 heavy (non-hydrogen) atoms. The highest BCUT2D eigenvalue weighted by Crippen LogP contribution is 2.41. The Bertz CT molecular complexity index is 1240. The van der Waals surface area contributed by atoms with E-state index in [0.29, 0.717) is 22.4 Å². The SMILES string of the molecule is CCC(C)Nc1c(-c2c(F)cc(-c3ccc(C)cc3)cc2F)c(Cl)nc2nccnc12. The zero-order valence-electron chi connectivity index (χ0n) is 17.4. The first-order chi connectivity index (χ1) is 14.9. The summed E-state index contributed by atoms with van der Waals surface area (Å²) in [4.78, 5) is 12.8. The van der Waals surface area contributed by atoms with E-state index >= 15 is 8.78 Å². The average molecular weight is 439 g/mol. The molecule has 7 heteroatoms. The molecular formula is C24H21ClF2N4. The molecule has 0 aliphatic carbocycles. The van der Waals surface area contributed by atoms with E-state index in [9.17, 15) is 0 Å². The Morgan fingerprint density at radius 2 is 1.61 bits per heavy atom. The summed E-state index contributed by atoms with van der Waals surface area (Å²) in [6.45, 7) is 5.93. The summed E-state index contributed by atoms with van der Waals surface area (Å²) in [7, 11) is 0. The average Bonchev–Trinajstić information content (AvgIpc) is 2.75. The standard InChI is InChI=1S/C24H21ClF2N4/c1-4-14(3)30-21-20(23(25)31-24-22(21)28-9-10-29-24)19-17(26)11-16(12-18(19)27)15-7-5-13(2)6-8-15/h5-12,14H,4H2,1-3H3,(H,29,30,31). The smallest absolute Gasteiger partial charge is 0.181 e. The first kappa shape index (κ1) is 21.1. The summed E-state index contributed by atoms with van der Waals surface area (Å²) >= 11 is 6.44. The highest BCUT2D eigenvalue weighted by molar-refractivity contribution is 6.33. The second-order valence-electron chi connectivity index (χ2n) is 7.52. The summed E-state index contributed by atoms with van der Waals surface area (Å²) in [6, 6.07) is 10.1. The van der Waals surface area contributed by atoms with Gasteiger partial charge in [0.25, 0.3) is 0 Å². The first-order valence-corrected chi connectivity index (χ1v) is 10.4. The van der Waals surface area contributed by atoms with Crippen LogP contribution in [0.5, 0.6) is 0 Å². The number of nitrogens with zero attached hydrogens (tertiary/aromatic N) is 3. The van der Waals surface area contributed by atoms with Crippen molar-refractivity contribution in [2.75, 3.05) is 5.32 Å². The van der Waals surface area contributed by atoms with Gasteiger partial charge in [0, 0.05) is 18.4 Å². The lowest BCUT2D eigenvalue weighted by molar-refractivity contribution is 0.590. The topological polar surface area (TPSA) is 50.7 Å². The van der Waals surface area contributed by atoms with Gasteiger partial charge in [0.1, 0.15) is 22.3 Å². The van der Waals surface area contributed by atoms with Gasteiger partial charge in [0.05, 0.1) is 16.8 Å². The van der Waals surface area contributed by atoms with Crippen molar-refractivity contribution in [3.63, 3.8) is 0 Å². The van der Waals surface area contributed by atoms with Gasteiger partial charge in [0.2, 0.25) is 0 Å². The molecule has 0 saturated carbocycles. The number of anilines is 1. The van der Waals surface area contributed by atoms with Crippen LogP contribution < -0.4 is 5.32 Å². The molecule has 0 radical (unpaired) electrons. The molecule has 1 unspecified atom stereocenters. The largest absolute Gasteiger partial charge is 0.380 e. The van der Waals surface area contributed by atoms with Gasteiger partial charge in [-0.05, 0) is 43.5 Å². The van der Waals surface area contributed by atoms with Gasteiger partial charge in [-0.15, -0.1) is 0 Å². The van der Waals surface area contributed by atoms with Crippen LogP contribution in [0.2, 0.25) is 5.15 Å². The normalized spacial score (nSPS) is 12.2. The fourth-order valence-corrected chi connectivity index (χ4v) is 3.67. The van der Waals surface area contributed by atoms with Crippen molar-refractivity contribution >= 4 is 28.5 Å². The Balaban J connectivity index is 1.95. The molecule has 0 fully saturated rings. The number of hydrogen-bond donors (Lipinski definition) is 1. The number of fused-ring (bicyclic) bond motifs is 1. The molecular weight excluding hydrogens is 418 g/mol. The lowest BCUT2D eigenvalue weighted by Crippen LogP contribution is -2.16. The quantitative estimate of drug-likeness (QED) is 0.348. The van der Waals surface area contributed by atoms with E-state index in [-0.39, 0.29) is 22.3 Å². The van der Waals surface area contributed by atoms with Crippen molar-refractivity contribution < 1.29 is 8.78 Å². The monoisotopic (exact) mass is 438 g/mol. The van der Waals surface area contributed by atoms with Crippen molar-refractivity contribution in [3.05, 3.63) is 71.1 Å². The summed E-state index contributed by atoms with van der Waals surface area (Å²) < 4.78 is 30.7. The molecule has 0 saturated heterocycles. The lowest BCUT2D eigenvalue weighted by Gasteiger charge is -2.20. The highest BCUT2D eigenvalue weighted by Gasteiger charge is 2.24. The number of hydrogen-bond acceptors (Lipinski definition) is 4. The third kappa shape index (κ3) is 4.08. The van der Waals surface area contributed by atoms with Crippen molar-refractivity contribution in [2.45, 2.75) is 33.2 Å². The molecule has 0 aliphatic heterocycles. The molecule has 1 atom stereocenters. The Morgan fingerprint density at radius 1 is 0.968 bits per heavy atom. The van der Waals surface area contributed by atoms with E-state index in [2.05, 4.69) is 20.3 Å². The summed E-state index contributed by atoms with van der Waals surface area (Å²) in [6.07, 6.45) is 3.80. The van der Waals surface area contributed by atoms with Crippen LogP contribution in [-0.4, -0.2) is 21.0 Å². The molecule has 2 aromatic carbocycles. The second-order valence-corrected chi connectivity index (χ2v) is 7.87. The third-order valence-electron chi connectivity index (χ3n) is 5.26. The molecule has 0 bridgehead atoms. The van der Waals surface area contributed by atoms with E-state index in [0.717, 1.165) is 17.5 Å².